The van der Waals surface area contributed by atoms with Crippen molar-refractivity contribution < 1.29 is 19.1 Å². The summed E-state index contributed by atoms with van der Waals surface area (Å²) in [6, 6.07) is 17.0. The fourth-order valence-corrected chi connectivity index (χ4v) is 5.36. The fraction of sp³-hybridized carbons (Fsp3) is 0.148. The van der Waals surface area contributed by atoms with Crippen LogP contribution in [0.1, 0.15) is 31.2 Å². The third kappa shape index (κ3) is 4.47. The lowest BCUT2D eigenvalue weighted by Gasteiger charge is -2.22. The van der Waals surface area contributed by atoms with Crippen molar-refractivity contribution in [1.82, 2.24) is 4.57 Å². The van der Waals surface area contributed by atoms with Gasteiger partial charge in [-0.15, -0.1) is 0 Å². The third-order valence-electron chi connectivity index (χ3n) is 5.73. The second-order valence-corrected chi connectivity index (χ2v) is 10.0. The molecule has 0 amide bonds. The molecule has 5 rings (SSSR count). The molecule has 1 aliphatic rings. The highest BCUT2D eigenvalue weighted by molar-refractivity contribution is 9.10. The van der Waals surface area contributed by atoms with Crippen LogP contribution in [0.4, 0.5) is 0 Å². The van der Waals surface area contributed by atoms with Crippen LogP contribution in [-0.2, 0) is 9.53 Å². The molecular formula is C27H21BrN2O5S. The first-order valence-electron chi connectivity index (χ1n) is 11.2. The summed E-state index contributed by atoms with van der Waals surface area (Å²) < 4.78 is 14.4. The van der Waals surface area contributed by atoms with Crippen molar-refractivity contribution in [3.63, 3.8) is 0 Å². The monoisotopic (exact) mass is 564 g/mol. The van der Waals surface area contributed by atoms with E-state index >= 15 is 0 Å². The van der Waals surface area contributed by atoms with Crippen molar-refractivity contribution in [2.45, 2.75) is 19.9 Å². The Labute approximate surface area is 218 Å². The van der Waals surface area contributed by atoms with E-state index in [2.05, 4.69) is 20.9 Å². The molecule has 0 bridgehead atoms. The number of esters is 1. The summed E-state index contributed by atoms with van der Waals surface area (Å²) in [7, 11) is 0. The Hall–Kier alpha value is -3.69. The second kappa shape index (κ2) is 9.75. The predicted octanol–water partition coefficient (Wildman–Crippen LogP) is 4.53. The van der Waals surface area contributed by atoms with E-state index in [9.17, 15) is 14.7 Å². The van der Waals surface area contributed by atoms with Crippen molar-refractivity contribution in [2.75, 3.05) is 6.61 Å². The molecule has 0 unspecified atom stereocenters. The number of fused-ring (bicyclic) bond motifs is 1. The summed E-state index contributed by atoms with van der Waals surface area (Å²) in [4.78, 5) is 31.7. The van der Waals surface area contributed by atoms with Gasteiger partial charge in [-0.1, -0.05) is 51.5 Å². The molecule has 182 valence electrons. The van der Waals surface area contributed by atoms with E-state index in [4.69, 9.17) is 9.15 Å². The smallest absolute Gasteiger partial charge is 0.338 e. The number of aromatic hydroxyl groups is 1. The molecule has 1 atom stereocenters. The van der Waals surface area contributed by atoms with Crippen LogP contribution in [-0.4, -0.2) is 22.2 Å². The van der Waals surface area contributed by atoms with Crippen LogP contribution in [0.2, 0.25) is 0 Å². The number of thiazole rings is 1. The van der Waals surface area contributed by atoms with Gasteiger partial charge in [0.05, 0.1) is 22.4 Å². The van der Waals surface area contributed by atoms with Gasteiger partial charge in [-0.25, -0.2) is 9.79 Å². The minimum atomic E-state index is -0.827. The Morgan fingerprint density at radius 3 is 2.58 bits per heavy atom. The van der Waals surface area contributed by atoms with E-state index < -0.39 is 12.0 Å². The zero-order valence-corrected chi connectivity index (χ0v) is 21.8. The number of hydrogen-bond donors (Lipinski definition) is 1. The number of furan rings is 1. The van der Waals surface area contributed by atoms with Gasteiger partial charge in [-0.3, -0.25) is 9.36 Å². The standard InChI is InChI=1S/C27H21BrN2O5S/c1-3-34-26(33)23-15(2)29-27-30(25(32)22(36-27)14-16-4-10-19(31)11-5-16)24(23)21-13-12-20(35-21)17-6-8-18(28)9-7-17/h4-14,24,31H,3H2,1-2H3/b22-14-/t24-/m1/s1. The molecule has 2 aromatic heterocycles. The van der Waals surface area contributed by atoms with Gasteiger partial charge in [0.1, 0.15) is 23.3 Å². The normalized spacial score (nSPS) is 15.5. The predicted molar refractivity (Wildman–Crippen MR) is 140 cm³/mol. The lowest BCUT2D eigenvalue weighted by molar-refractivity contribution is -0.139. The van der Waals surface area contributed by atoms with Crippen LogP contribution in [0.25, 0.3) is 17.4 Å². The van der Waals surface area contributed by atoms with Crippen LogP contribution >= 0.6 is 27.3 Å². The van der Waals surface area contributed by atoms with Crippen molar-refractivity contribution >= 4 is 39.3 Å². The molecule has 0 fully saturated rings. The van der Waals surface area contributed by atoms with Crippen molar-refractivity contribution in [3.8, 4) is 17.1 Å². The number of hydrogen-bond acceptors (Lipinski definition) is 7. The Bertz CT molecular complexity index is 1660. The van der Waals surface area contributed by atoms with Crippen LogP contribution in [0.15, 0.2) is 90.6 Å². The molecule has 0 radical (unpaired) electrons. The van der Waals surface area contributed by atoms with Crippen LogP contribution in [0.3, 0.4) is 0 Å². The average Bonchev–Trinajstić information content (AvgIpc) is 3.45. The summed E-state index contributed by atoms with van der Waals surface area (Å²) in [6.07, 6.45) is 1.74. The summed E-state index contributed by atoms with van der Waals surface area (Å²) in [5.74, 6) is 0.644. The number of allylic oxidation sites excluding steroid dienone is 1. The molecule has 2 aromatic carbocycles. The summed E-state index contributed by atoms with van der Waals surface area (Å²) in [5, 5.41) is 9.57. The molecule has 0 saturated carbocycles. The van der Waals surface area contributed by atoms with Crippen molar-refractivity contribution in [3.05, 3.63) is 107 Å². The van der Waals surface area contributed by atoms with E-state index in [1.165, 1.54) is 15.9 Å². The lowest BCUT2D eigenvalue weighted by Crippen LogP contribution is -2.39. The lowest BCUT2D eigenvalue weighted by atomic mass is 10.0. The van der Waals surface area contributed by atoms with Gasteiger partial charge < -0.3 is 14.3 Å². The number of aromatic nitrogens is 1. The van der Waals surface area contributed by atoms with Gasteiger partial charge in [0.25, 0.3) is 5.56 Å². The van der Waals surface area contributed by atoms with E-state index in [-0.39, 0.29) is 23.5 Å². The minimum absolute atomic E-state index is 0.141. The van der Waals surface area contributed by atoms with Gasteiger partial charge in [0.15, 0.2) is 4.80 Å². The number of carbonyl (C=O) groups excluding carboxylic acids is 1. The van der Waals surface area contributed by atoms with Crippen molar-refractivity contribution in [1.29, 1.82) is 0 Å². The first-order valence-corrected chi connectivity index (χ1v) is 12.8. The van der Waals surface area contributed by atoms with E-state index in [1.807, 2.05) is 30.3 Å². The van der Waals surface area contributed by atoms with Crippen LogP contribution < -0.4 is 14.9 Å². The summed E-state index contributed by atoms with van der Waals surface area (Å²) in [6.45, 7) is 3.65. The minimum Gasteiger partial charge on any atom is -0.508 e. The Balaban J connectivity index is 1.68. The zero-order chi connectivity index (χ0) is 25.4. The molecule has 3 heterocycles. The number of halogens is 1. The van der Waals surface area contributed by atoms with Crippen molar-refractivity contribution in [2.24, 2.45) is 4.99 Å². The number of rotatable bonds is 5. The van der Waals surface area contributed by atoms with Gasteiger partial charge in [0, 0.05) is 10.0 Å². The largest absolute Gasteiger partial charge is 0.508 e. The maximum atomic E-state index is 13.6. The number of phenols is 1. The Kier molecular flexibility index (Phi) is 6.51. The topological polar surface area (TPSA) is 94.0 Å². The first kappa shape index (κ1) is 24.0. The Morgan fingerprint density at radius 1 is 1.17 bits per heavy atom. The van der Waals surface area contributed by atoms with Gasteiger partial charge in [-0.05, 0) is 61.9 Å². The first-order chi connectivity index (χ1) is 17.4. The molecule has 1 aliphatic heterocycles. The summed E-state index contributed by atoms with van der Waals surface area (Å²) >= 11 is 4.66. The highest BCUT2D eigenvalue weighted by atomic mass is 79.9. The number of carbonyl (C=O) groups is 1. The molecule has 36 heavy (non-hydrogen) atoms. The Morgan fingerprint density at radius 2 is 1.89 bits per heavy atom. The fourth-order valence-electron chi connectivity index (χ4n) is 4.05. The maximum Gasteiger partial charge on any atom is 0.338 e. The molecule has 0 saturated heterocycles. The molecule has 7 nitrogen and oxygen atoms in total. The van der Waals surface area contributed by atoms with E-state index in [0.717, 1.165) is 15.6 Å². The molecular weight excluding hydrogens is 544 g/mol. The molecule has 4 aromatic rings. The highest BCUT2D eigenvalue weighted by Crippen LogP contribution is 2.34. The highest BCUT2D eigenvalue weighted by Gasteiger charge is 2.35. The third-order valence-corrected chi connectivity index (χ3v) is 7.24. The van der Waals surface area contributed by atoms with Crippen LogP contribution in [0.5, 0.6) is 5.75 Å². The molecule has 0 spiro atoms. The van der Waals surface area contributed by atoms with Crippen LogP contribution in [0, 0.1) is 0 Å². The number of phenolic OH excluding ortho intramolecular Hbond substituents is 1. The van der Waals surface area contributed by atoms with E-state index in [0.29, 0.717) is 26.6 Å². The number of benzene rings is 2. The van der Waals surface area contributed by atoms with Gasteiger partial charge in [0.2, 0.25) is 0 Å². The summed E-state index contributed by atoms with van der Waals surface area (Å²) in [5.41, 5.74) is 2.05. The SMILES string of the molecule is CCOC(=O)C1=C(C)N=c2s/c(=C\c3ccc(O)cc3)c(=O)n2[C@@H]1c1ccc(-c2ccc(Br)cc2)o1. The average molecular weight is 565 g/mol. The van der Waals surface area contributed by atoms with Gasteiger partial charge in [-0.2, -0.15) is 0 Å². The quantitative estimate of drug-likeness (QED) is 0.359. The number of ether oxygens (including phenoxy) is 1. The van der Waals surface area contributed by atoms with Gasteiger partial charge >= 0.3 is 5.97 Å². The number of nitrogens with zero attached hydrogens (tertiary/aromatic N) is 2. The second-order valence-electron chi connectivity index (χ2n) is 8.10. The maximum absolute atomic E-state index is 13.6. The molecule has 9 heteroatoms. The zero-order valence-electron chi connectivity index (χ0n) is 19.4. The molecule has 0 aliphatic carbocycles. The molecule has 1 N–H and O–H groups in total. The van der Waals surface area contributed by atoms with E-state index in [1.54, 1.807) is 50.3 Å².